The first kappa shape index (κ1) is 19.7. The molecule has 5 nitrogen and oxygen atoms in total. The minimum absolute atomic E-state index is 0.0318. The average Bonchev–Trinajstić information content (AvgIpc) is 3.36. The summed E-state index contributed by atoms with van der Waals surface area (Å²) in [6, 6.07) is 9.01. The molecule has 0 bridgehead atoms. The summed E-state index contributed by atoms with van der Waals surface area (Å²) in [7, 11) is 1.48. The molecule has 2 amide bonds. The molecule has 0 radical (unpaired) electrons. The molecule has 0 unspecified atom stereocenters. The fourth-order valence-corrected chi connectivity index (χ4v) is 4.75. The van der Waals surface area contributed by atoms with Crippen molar-refractivity contribution in [2.45, 2.75) is 31.1 Å². The molecule has 1 aromatic carbocycles. The molecule has 27 heavy (non-hydrogen) atoms. The highest BCUT2D eigenvalue weighted by Gasteiger charge is 2.36. The van der Waals surface area contributed by atoms with Gasteiger partial charge in [-0.1, -0.05) is 30.5 Å². The summed E-state index contributed by atoms with van der Waals surface area (Å²) in [4.78, 5) is 26.0. The second kappa shape index (κ2) is 8.76. The van der Waals surface area contributed by atoms with Crippen LogP contribution in [0.15, 0.2) is 35.7 Å². The van der Waals surface area contributed by atoms with Crippen molar-refractivity contribution < 1.29 is 14.3 Å². The van der Waals surface area contributed by atoms with Gasteiger partial charge >= 0.3 is 0 Å². The maximum Gasteiger partial charge on any atom is 0.255 e. The topological polar surface area (TPSA) is 67.4 Å². The molecule has 1 aliphatic rings. The fraction of sp³-hybridized carbons (Fsp3) is 0.400. The van der Waals surface area contributed by atoms with Crippen LogP contribution in [0, 0.1) is 0 Å². The van der Waals surface area contributed by atoms with Gasteiger partial charge in [-0.3, -0.25) is 9.59 Å². The first-order valence-electron chi connectivity index (χ1n) is 8.96. The smallest absolute Gasteiger partial charge is 0.255 e. The predicted octanol–water partition coefficient (Wildman–Crippen LogP) is 3.77. The second-order valence-corrected chi connectivity index (χ2v) is 8.15. The molecular formula is C20H23ClN2O3S. The van der Waals surface area contributed by atoms with Crippen LogP contribution < -0.4 is 15.4 Å². The number of amides is 2. The number of methoxy groups -OCH3 is 1. The maximum atomic E-state index is 12.4. The number of benzene rings is 1. The molecule has 0 aliphatic heterocycles. The Bertz CT molecular complexity index is 802. The molecule has 1 heterocycles. The zero-order valence-electron chi connectivity index (χ0n) is 15.2. The lowest BCUT2D eigenvalue weighted by molar-refractivity contribution is -0.120. The van der Waals surface area contributed by atoms with Gasteiger partial charge in [0.05, 0.1) is 19.2 Å². The summed E-state index contributed by atoms with van der Waals surface area (Å²) in [6.45, 7) is 0.512. The lowest BCUT2D eigenvalue weighted by atomic mass is 9.84. The van der Waals surface area contributed by atoms with E-state index in [1.165, 1.54) is 30.9 Å². The van der Waals surface area contributed by atoms with Crippen molar-refractivity contribution in [3.63, 3.8) is 0 Å². The summed E-state index contributed by atoms with van der Waals surface area (Å²) in [5.74, 6) is -0.176. The van der Waals surface area contributed by atoms with E-state index in [4.69, 9.17) is 16.3 Å². The van der Waals surface area contributed by atoms with Crippen LogP contribution in [0.5, 0.6) is 5.75 Å². The lowest BCUT2D eigenvalue weighted by Crippen LogP contribution is -2.43. The number of hydrogen-bond donors (Lipinski definition) is 2. The first-order chi connectivity index (χ1) is 13.0. The van der Waals surface area contributed by atoms with Crippen LogP contribution in [0.3, 0.4) is 0 Å². The molecule has 1 aromatic heterocycles. The number of carbonyl (C=O) groups is 2. The zero-order valence-corrected chi connectivity index (χ0v) is 16.8. The predicted molar refractivity (Wildman–Crippen MR) is 108 cm³/mol. The number of ether oxygens (including phenoxy) is 1. The van der Waals surface area contributed by atoms with E-state index in [1.54, 1.807) is 23.5 Å². The van der Waals surface area contributed by atoms with Gasteiger partial charge in [0.25, 0.3) is 5.91 Å². The summed E-state index contributed by atoms with van der Waals surface area (Å²) < 4.78 is 5.18. The number of thiophene rings is 1. The van der Waals surface area contributed by atoms with E-state index in [0.717, 1.165) is 12.8 Å². The molecule has 1 saturated carbocycles. The zero-order chi connectivity index (χ0) is 19.3. The van der Waals surface area contributed by atoms with E-state index in [9.17, 15) is 9.59 Å². The lowest BCUT2D eigenvalue weighted by Gasteiger charge is -2.28. The van der Waals surface area contributed by atoms with Gasteiger partial charge < -0.3 is 15.4 Å². The number of carbonyl (C=O) groups excluding carboxylic acids is 2. The van der Waals surface area contributed by atoms with Gasteiger partial charge in [-0.05, 0) is 42.5 Å². The highest BCUT2D eigenvalue weighted by atomic mass is 35.5. The molecule has 2 N–H and O–H groups in total. The maximum absolute atomic E-state index is 12.4. The summed E-state index contributed by atoms with van der Waals surface area (Å²) in [6.07, 6.45) is 4.53. The quantitative estimate of drug-likeness (QED) is 0.735. The van der Waals surface area contributed by atoms with Crippen LogP contribution >= 0.6 is 22.9 Å². The molecule has 0 atom stereocenters. The number of nitrogens with one attached hydrogen (secondary N) is 2. The number of rotatable bonds is 7. The number of hydrogen-bond acceptors (Lipinski definition) is 4. The Morgan fingerprint density at radius 3 is 2.67 bits per heavy atom. The van der Waals surface area contributed by atoms with Crippen molar-refractivity contribution >= 4 is 34.8 Å². The summed E-state index contributed by atoms with van der Waals surface area (Å²) in [5.41, 5.74) is 0.341. The van der Waals surface area contributed by atoms with Gasteiger partial charge in [0.15, 0.2) is 0 Å². The third kappa shape index (κ3) is 4.62. The molecule has 1 aliphatic carbocycles. The van der Waals surface area contributed by atoms with Gasteiger partial charge in [-0.25, -0.2) is 0 Å². The van der Waals surface area contributed by atoms with Crippen LogP contribution in [-0.2, 0) is 10.2 Å². The third-order valence-electron chi connectivity index (χ3n) is 5.04. The Morgan fingerprint density at radius 2 is 2.00 bits per heavy atom. The molecular weight excluding hydrogens is 384 g/mol. The van der Waals surface area contributed by atoms with Crippen LogP contribution in [0.1, 0.15) is 40.9 Å². The van der Waals surface area contributed by atoms with Crippen molar-refractivity contribution in [2.75, 3.05) is 20.2 Å². The van der Waals surface area contributed by atoms with Gasteiger partial charge in [0.1, 0.15) is 5.75 Å². The van der Waals surface area contributed by atoms with E-state index >= 15 is 0 Å². The van der Waals surface area contributed by atoms with Gasteiger partial charge in [-0.15, -0.1) is 11.3 Å². The molecule has 144 valence electrons. The highest BCUT2D eigenvalue weighted by Crippen LogP contribution is 2.42. The molecule has 3 rings (SSSR count). The van der Waals surface area contributed by atoms with Crippen LogP contribution in [0.25, 0.3) is 0 Å². The van der Waals surface area contributed by atoms with E-state index in [2.05, 4.69) is 28.1 Å². The third-order valence-corrected chi connectivity index (χ3v) is 6.40. The Hall–Kier alpha value is -2.05. The average molecular weight is 407 g/mol. The highest BCUT2D eigenvalue weighted by molar-refractivity contribution is 7.10. The van der Waals surface area contributed by atoms with Crippen molar-refractivity contribution in [3.05, 3.63) is 51.2 Å². The van der Waals surface area contributed by atoms with E-state index < -0.39 is 5.91 Å². The standard InChI is InChI=1S/C20H23ClN2O3S/c1-26-16-7-6-14(21)11-15(16)19(25)22-12-18(24)23-13-20(8-2-3-9-20)17-5-4-10-27-17/h4-7,10-11H,2-3,8-9,12-13H2,1H3,(H,22,25)(H,23,24). The monoisotopic (exact) mass is 406 g/mol. The summed E-state index contributed by atoms with van der Waals surface area (Å²) in [5, 5.41) is 8.15. The van der Waals surface area contributed by atoms with Gasteiger partial charge in [0, 0.05) is 21.9 Å². The summed E-state index contributed by atoms with van der Waals surface area (Å²) >= 11 is 7.70. The largest absolute Gasteiger partial charge is 0.496 e. The van der Waals surface area contributed by atoms with E-state index in [0.29, 0.717) is 22.9 Å². The second-order valence-electron chi connectivity index (χ2n) is 6.77. The van der Waals surface area contributed by atoms with Crippen molar-refractivity contribution in [1.82, 2.24) is 10.6 Å². The Morgan fingerprint density at radius 1 is 1.22 bits per heavy atom. The SMILES string of the molecule is COc1ccc(Cl)cc1C(=O)NCC(=O)NCC1(c2cccs2)CCCC1. The molecule has 7 heteroatoms. The van der Waals surface area contributed by atoms with Crippen LogP contribution in [0.2, 0.25) is 5.02 Å². The normalized spacial score (nSPS) is 15.3. The minimum Gasteiger partial charge on any atom is -0.496 e. The minimum atomic E-state index is -0.390. The van der Waals surface area contributed by atoms with Crippen LogP contribution in [0.4, 0.5) is 0 Å². The molecule has 0 spiro atoms. The van der Waals surface area contributed by atoms with E-state index in [-0.39, 0.29) is 17.9 Å². The first-order valence-corrected chi connectivity index (χ1v) is 10.2. The van der Waals surface area contributed by atoms with Crippen molar-refractivity contribution in [3.8, 4) is 5.75 Å². The number of halogens is 1. The van der Waals surface area contributed by atoms with Crippen molar-refractivity contribution in [1.29, 1.82) is 0 Å². The molecule has 1 fully saturated rings. The Balaban J connectivity index is 1.55. The van der Waals surface area contributed by atoms with Gasteiger partial charge in [0.2, 0.25) is 5.91 Å². The van der Waals surface area contributed by atoms with Crippen molar-refractivity contribution in [2.24, 2.45) is 0 Å². The molecule has 2 aromatic rings. The van der Waals surface area contributed by atoms with E-state index in [1.807, 2.05) is 0 Å². The van der Waals surface area contributed by atoms with Gasteiger partial charge in [-0.2, -0.15) is 0 Å². The fourth-order valence-electron chi connectivity index (χ4n) is 3.59. The Labute approximate surface area is 168 Å². The Kier molecular flexibility index (Phi) is 6.39. The van der Waals surface area contributed by atoms with Crippen LogP contribution in [-0.4, -0.2) is 32.0 Å². The molecule has 0 saturated heterocycles.